The Hall–Kier alpha value is -0.440. The van der Waals surface area contributed by atoms with Crippen LogP contribution in [0.4, 0.5) is 0 Å². The van der Waals surface area contributed by atoms with Crippen LogP contribution in [0.2, 0.25) is 10.0 Å². The van der Waals surface area contributed by atoms with E-state index in [2.05, 4.69) is 6.92 Å². The molecule has 100 valence electrons. The summed E-state index contributed by atoms with van der Waals surface area (Å²) in [7, 11) is 0. The van der Waals surface area contributed by atoms with Gasteiger partial charge in [-0.25, -0.2) is 0 Å². The van der Waals surface area contributed by atoms with Gasteiger partial charge in [0.1, 0.15) is 11.9 Å². The molecule has 1 aromatic carbocycles. The lowest BCUT2D eigenvalue weighted by Crippen LogP contribution is -2.37. The maximum Gasteiger partial charge on any atom is 0.122 e. The third-order valence-corrected chi connectivity index (χ3v) is 4.05. The number of ether oxygens (including phenoxy) is 1. The number of rotatable bonds is 3. The predicted molar refractivity (Wildman–Crippen MR) is 76.4 cm³/mol. The Morgan fingerprint density at radius 1 is 1.22 bits per heavy atom. The van der Waals surface area contributed by atoms with Gasteiger partial charge >= 0.3 is 0 Å². The van der Waals surface area contributed by atoms with Crippen LogP contribution in [0.5, 0.6) is 5.75 Å². The van der Waals surface area contributed by atoms with Crippen LogP contribution in [0.25, 0.3) is 0 Å². The zero-order valence-corrected chi connectivity index (χ0v) is 12.0. The normalized spacial score (nSPS) is 28.1. The molecule has 0 saturated heterocycles. The summed E-state index contributed by atoms with van der Waals surface area (Å²) in [5.41, 5.74) is 5.82. The first-order chi connectivity index (χ1) is 8.58. The summed E-state index contributed by atoms with van der Waals surface area (Å²) in [6, 6.07) is 5.32. The van der Waals surface area contributed by atoms with Gasteiger partial charge in [-0.2, -0.15) is 0 Å². The van der Waals surface area contributed by atoms with Crippen LogP contribution in [0.3, 0.4) is 0 Å². The fourth-order valence-electron chi connectivity index (χ4n) is 2.58. The molecular weight excluding hydrogens is 269 g/mol. The van der Waals surface area contributed by atoms with Gasteiger partial charge in [0.25, 0.3) is 0 Å². The summed E-state index contributed by atoms with van der Waals surface area (Å²) in [5, 5.41) is 1.20. The first-order valence-electron chi connectivity index (χ1n) is 6.41. The second kappa shape index (κ2) is 6.14. The molecule has 1 aliphatic carbocycles. The quantitative estimate of drug-likeness (QED) is 0.907. The van der Waals surface area contributed by atoms with Gasteiger partial charge in [0.15, 0.2) is 0 Å². The standard InChI is InChI=1S/C14H19Cl2NO/c1-9-2-3-10(8-17)14(4-9)18-13-6-11(15)5-12(16)7-13/h5-7,9-10,14H,2-4,8,17H2,1H3. The SMILES string of the molecule is CC1CCC(CN)C(Oc2cc(Cl)cc(Cl)c2)C1. The second-order valence-electron chi connectivity index (χ2n) is 5.18. The molecular formula is C14H19Cl2NO. The van der Waals surface area contributed by atoms with Crippen molar-refractivity contribution in [1.29, 1.82) is 0 Å². The molecule has 1 aromatic rings. The number of benzene rings is 1. The molecule has 2 N–H and O–H groups in total. The van der Waals surface area contributed by atoms with E-state index in [1.807, 2.05) is 0 Å². The van der Waals surface area contributed by atoms with E-state index in [0.29, 0.717) is 28.4 Å². The molecule has 1 aliphatic rings. The van der Waals surface area contributed by atoms with Gasteiger partial charge in [-0.05, 0) is 43.5 Å². The van der Waals surface area contributed by atoms with Crippen molar-refractivity contribution in [1.82, 2.24) is 0 Å². The lowest BCUT2D eigenvalue weighted by atomic mass is 9.80. The molecule has 3 unspecified atom stereocenters. The van der Waals surface area contributed by atoms with E-state index >= 15 is 0 Å². The van der Waals surface area contributed by atoms with E-state index in [9.17, 15) is 0 Å². The Labute approximate surface area is 118 Å². The molecule has 0 bridgehead atoms. The average Bonchev–Trinajstić information content (AvgIpc) is 2.27. The summed E-state index contributed by atoms with van der Waals surface area (Å²) < 4.78 is 6.04. The Bertz CT molecular complexity index is 391. The van der Waals surface area contributed by atoms with Crippen LogP contribution < -0.4 is 10.5 Å². The molecule has 1 fully saturated rings. The fraction of sp³-hybridized carbons (Fsp3) is 0.571. The highest BCUT2D eigenvalue weighted by Crippen LogP contribution is 2.33. The van der Waals surface area contributed by atoms with Crippen molar-refractivity contribution in [2.45, 2.75) is 32.3 Å². The first-order valence-corrected chi connectivity index (χ1v) is 7.17. The van der Waals surface area contributed by atoms with Gasteiger partial charge in [-0.15, -0.1) is 0 Å². The number of nitrogens with two attached hydrogens (primary N) is 1. The van der Waals surface area contributed by atoms with E-state index < -0.39 is 0 Å². The Balaban J connectivity index is 2.10. The van der Waals surface area contributed by atoms with Crippen LogP contribution in [0.15, 0.2) is 18.2 Å². The molecule has 2 nitrogen and oxygen atoms in total. The van der Waals surface area contributed by atoms with Crippen LogP contribution in [0, 0.1) is 11.8 Å². The smallest absolute Gasteiger partial charge is 0.122 e. The van der Waals surface area contributed by atoms with Gasteiger partial charge in [0.05, 0.1) is 0 Å². The second-order valence-corrected chi connectivity index (χ2v) is 6.05. The van der Waals surface area contributed by atoms with Crippen LogP contribution in [-0.2, 0) is 0 Å². The Kier molecular flexibility index (Phi) is 4.77. The Morgan fingerprint density at radius 2 is 1.89 bits per heavy atom. The molecule has 0 amide bonds. The van der Waals surface area contributed by atoms with Gasteiger partial charge < -0.3 is 10.5 Å². The molecule has 0 radical (unpaired) electrons. The number of hydrogen-bond donors (Lipinski definition) is 1. The summed E-state index contributed by atoms with van der Waals surface area (Å²) in [5.74, 6) is 1.86. The largest absolute Gasteiger partial charge is 0.490 e. The highest BCUT2D eigenvalue weighted by atomic mass is 35.5. The monoisotopic (exact) mass is 287 g/mol. The van der Waals surface area contributed by atoms with E-state index in [0.717, 1.165) is 18.6 Å². The molecule has 4 heteroatoms. The van der Waals surface area contributed by atoms with E-state index in [-0.39, 0.29) is 6.10 Å². The number of hydrogen-bond acceptors (Lipinski definition) is 2. The third-order valence-electron chi connectivity index (χ3n) is 3.62. The molecule has 3 atom stereocenters. The maximum atomic E-state index is 6.04. The van der Waals surface area contributed by atoms with E-state index in [4.69, 9.17) is 33.7 Å². The van der Waals surface area contributed by atoms with E-state index in [1.54, 1.807) is 18.2 Å². The van der Waals surface area contributed by atoms with Crippen molar-refractivity contribution >= 4 is 23.2 Å². The fourth-order valence-corrected chi connectivity index (χ4v) is 3.08. The molecule has 0 aliphatic heterocycles. The third kappa shape index (κ3) is 3.53. The number of halogens is 2. The summed E-state index contributed by atoms with van der Waals surface area (Å²) in [6.45, 7) is 2.93. The van der Waals surface area contributed by atoms with Crippen molar-refractivity contribution in [2.75, 3.05) is 6.54 Å². The average molecular weight is 288 g/mol. The molecule has 0 spiro atoms. The van der Waals surface area contributed by atoms with Crippen LogP contribution in [-0.4, -0.2) is 12.6 Å². The minimum Gasteiger partial charge on any atom is -0.490 e. The summed E-state index contributed by atoms with van der Waals surface area (Å²) in [4.78, 5) is 0. The zero-order valence-electron chi connectivity index (χ0n) is 10.5. The zero-order chi connectivity index (χ0) is 13.1. The van der Waals surface area contributed by atoms with Crippen molar-refractivity contribution in [3.05, 3.63) is 28.2 Å². The Morgan fingerprint density at radius 3 is 2.50 bits per heavy atom. The van der Waals surface area contributed by atoms with Crippen LogP contribution in [0.1, 0.15) is 26.2 Å². The maximum absolute atomic E-state index is 6.04. The van der Waals surface area contributed by atoms with Gasteiger partial charge in [-0.1, -0.05) is 36.5 Å². The predicted octanol–water partition coefficient (Wildman–Crippen LogP) is 4.14. The lowest BCUT2D eigenvalue weighted by molar-refractivity contribution is 0.0742. The van der Waals surface area contributed by atoms with Gasteiger partial charge in [-0.3, -0.25) is 0 Å². The minimum absolute atomic E-state index is 0.174. The van der Waals surface area contributed by atoms with Gasteiger partial charge in [0.2, 0.25) is 0 Å². The molecule has 1 saturated carbocycles. The lowest BCUT2D eigenvalue weighted by Gasteiger charge is -2.34. The van der Waals surface area contributed by atoms with Crippen LogP contribution >= 0.6 is 23.2 Å². The van der Waals surface area contributed by atoms with Crippen molar-refractivity contribution in [3.8, 4) is 5.75 Å². The molecule has 18 heavy (non-hydrogen) atoms. The van der Waals surface area contributed by atoms with Crippen molar-refractivity contribution in [3.63, 3.8) is 0 Å². The van der Waals surface area contributed by atoms with Crippen molar-refractivity contribution in [2.24, 2.45) is 17.6 Å². The minimum atomic E-state index is 0.174. The highest BCUT2D eigenvalue weighted by Gasteiger charge is 2.29. The van der Waals surface area contributed by atoms with Crippen molar-refractivity contribution < 1.29 is 4.74 Å². The van der Waals surface area contributed by atoms with E-state index in [1.165, 1.54) is 6.42 Å². The molecule has 0 heterocycles. The summed E-state index contributed by atoms with van der Waals surface area (Å²) >= 11 is 12.0. The van der Waals surface area contributed by atoms with Gasteiger partial charge in [0, 0.05) is 16.0 Å². The molecule has 0 aromatic heterocycles. The first kappa shape index (κ1) is 14.0. The summed E-state index contributed by atoms with van der Waals surface area (Å²) in [6.07, 6.45) is 3.59. The highest BCUT2D eigenvalue weighted by molar-refractivity contribution is 6.34. The topological polar surface area (TPSA) is 35.2 Å². The molecule has 2 rings (SSSR count).